The molecule has 12 aliphatic carbocycles. The van der Waals surface area contributed by atoms with E-state index in [1.165, 1.54) is 0 Å². The summed E-state index contributed by atoms with van der Waals surface area (Å²) in [5.74, 6) is 5.77. The van der Waals surface area contributed by atoms with Crippen molar-refractivity contribution in [3.05, 3.63) is 246 Å². The van der Waals surface area contributed by atoms with E-state index < -0.39 is 0 Å². The Balaban J connectivity index is 0.000000106. The second kappa shape index (κ2) is 35.4. The predicted octanol–water partition coefficient (Wildman–Crippen LogP) is 24.1. The predicted molar refractivity (Wildman–Crippen MR) is 527 cm³/mol. The zero-order chi connectivity index (χ0) is 98.1. The Morgan fingerprint density at radius 3 is 0.413 bits per heavy atom. The van der Waals surface area contributed by atoms with Crippen LogP contribution >= 0.6 is 0 Å². The lowest BCUT2D eigenvalue weighted by Crippen LogP contribution is -2.49. The Kier molecular flexibility index (Phi) is 24.5. The van der Waals surface area contributed by atoms with Gasteiger partial charge in [0, 0.05) is 136 Å². The molecule has 0 radical (unpaired) electrons. The van der Waals surface area contributed by atoms with E-state index >= 15 is 0 Å². The van der Waals surface area contributed by atoms with Crippen LogP contribution in [0.3, 0.4) is 0 Å². The van der Waals surface area contributed by atoms with Gasteiger partial charge in [-0.1, -0.05) is 226 Å². The monoisotopic (exact) mass is 1860 g/mol. The lowest BCUT2D eigenvalue weighted by molar-refractivity contribution is -0.116. The van der Waals surface area contributed by atoms with Crippen LogP contribution in [-0.2, 0) is 57.2 Å². The molecule has 6 saturated carbocycles. The Labute approximate surface area is 811 Å². The highest BCUT2D eigenvalue weighted by atomic mass is 16.5. The second-order valence-electron chi connectivity index (χ2n) is 46.7. The number of ether oxygens (including phenoxy) is 6. The number of fused-ring (bicyclic) bond motifs is 24. The molecule has 6 aromatic carbocycles. The molecule has 6 fully saturated rings. The van der Waals surface area contributed by atoms with Crippen molar-refractivity contribution < 1.29 is 86.0 Å². The van der Waals surface area contributed by atoms with Gasteiger partial charge in [-0.15, -0.1) is 0 Å². The Morgan fingerprint density at radius 2 is 0.290 bits per heavy atom. The minimum absolute atomic E-state index is 0.141. The van der Waals surface area contributed by atoms with Crippen molar-refractivity contribution in [2.45, 2.75) is 274 Å². The van der Waals surface area contributed by atoms with Crippen LogP contribution in [0.1, 0.15) is 336 Å². The van der Waals surface area contributed by atoms with E-state index in [4.69, 9.17) is 28.4 Å². The fourth-order valence-corrected chi connectivity index (χ4v) is 28.1. The first-order chi connectivity index (χ1) is 65.4. The average Bonchev–Trinajstić information content (AvgIpc) is 0.746. The van der Waals surface area contributed by atoms with Crippen molar-refractivity contribution in [3.63, 3.8) is 0 Å². The van der Waals surface area contributed by atoms with Crippen molar-refractivity contribution in [1.29, 1.82) is 0 Å². The molecule has 0 N–H and O–H groups in total. The van der Waals surface area contributed by atoms with Gasteiger partial charge in [-0.05, 0) is 231 Å². The number of Topliss-reactive ketones (excluding diaryl/α,β-unsaturated/α-hetero) is 12. The molecule has 0 bridgehead atoms. The molecule has 18 heteroatoms. The smallest absolute Gasteiger partial charge is 0.234 e. The molecule has 138 heavy (non-hydrogen) atoms. The molecule has 0 aromatic heterocycles. The summed E-state index contributed by atoms with van der Waals surface area (Å²) in [6, 6.07) is 44.0. The van der Waals surface area contributed by atoms with Crippen molar-refractivity contribution in [3.8, 4) is 0 Å². The number of hydrogen-bond donors (Lipinski definition) is 0. The van der Waals surface area contributed by atoms with Crippen LogP contribution in [0.25, 0.3) is 34.6 Å². The quantitative estimate of drug-likeness (QED) is 0.128. The van der Waals surface area contributed by atoms with Gasteiger partial charge in [-0.25, -0.2) is 0 Å². The standard InChI is InChI=1S/6C20H22O3/c6*1-11-8-9-15-14(10-11)16-18(22)17(21)12-6-4-5-7-13(12)19(16)23-20(15,2)3/h6*4-7,11,14-15H,8-10H2,1-3H3/t6*11-,14-,15-/m110000/s1. The third-order valence-corrected chi connectivity index (χ3v) is 35.1. The first-order valence-electron chi connectivity index (χ1n) is 51.1. The van der Waals surface area contributed by atoms with Crippen molar-refractivity contribution in [2.24, 2.45) is 107 Å². The molecule has 0 amide bonds. The van der Waals surface area contributed by atoms with Crippen molar-refractivity contribution in [1.82, 2.24) is 0 Å². The fourth-order valence-electron chi connectivity index (χ4n) is 28.1. The van der Waals surface area contributed by atoms with Crippen molar-refractivity contribution in [2.75, 3.05) is 0 Å². The van der Waals surface area contributed by atoms with Crippen molar-refractivity contribution >= 4 is 104 Å². The third kappa shape index (κ3) is 16.2. The SMILES string of the molecule is C[C@@H]1CC[C@@H]2[C@@H](C1)C1=C(OC2(C)C)c2ccccc2C(=O)C1=O.C[C@@H]1CC[C@@H]2[C@@H](C1)C1=C(OC2(C)C)c2ccccc2C(=O)C1=O.C[C@H]1CC[C@H]2[C@H](C1)C1=C(OC2(C)C)c2ccccc2C(=O)C1=O.C[C@H]1CC[C@H]2[C@H](C1)C1=C(OC2(C)C)c2ccccc2C(=O)C1=O.C[C@H]1CC[C@H]2[C@H](C1)C1=C(OC2(C)C)c2ccccc2C(=O)C1=O.C[C@H]1CC[C@H]2[C@H](C1)C1=C(OC2(C)C)c2ccccc2C(=O)C1=O. The Bertz CT molecular complexity index is 5430. The maximum absolute atomic E-state index is 12.8. The summed E-state index contributed by atoms with van der Waals surface area (Å²) < 4.78 is 38.0. The summed E-state index contributed by atoms with van der Waals surface area (Å²) in [4.78, 5) is 152. The first-order valence-corrected chi connectivity index (χ1v) is 51.1. The van der Waals surface area contributed by atoms with E-state index in [-0.39, 0.29) is 139 Å². The number of carbonyl (C=O) groups excluding carboxylic acids is 12. The van der Waals surface area contributed by atoms with Gasteiger partial charge in [0.25, 0.3) is 0 Å². The highest BCUT2D eigenvalue weighted by Crippen LogP contribution is 2.62. The van der Waals surface area contributed by atoms with Crippen LogP contribution < -0.4 is 0 Å². The molecule has 18 nitrogen and oxygen atoms in total. The van der Waals surface area contributed by atoms with Gasteiger partial charge in [0.1, 0.15) is 68.2 Å². The van der Waals surface area contributed by atoms with E-state index in [1.54, 1.807) is 72.8 Å². The molecule has 6 aromatic rings. The number of hydrogen-bond acceptors (Lipinski definition) is 18. The maximum Gasteiger partial charge on any atom is 0.234 e. The zero-order valence-corrected chi connectivity index (χ0v) is 83.3. The van der Waals surface area contributed by atoms with Crippen LogP contribution in [0.2, 0.25) is 0 Å². The number of rotatable bonds is 0. The van der Waals surface area contributed by atoms with E-state index in [1.807, 2.05) is 72.8 Å². The normalized spacial score (nSPS) is 31.9. The molecule has 0 unspecified atom stereocenters. The minimum Gasteiger partial charge on any atom is -0.486 e. The average molecular weight is 1860 g/mol. The van der Waals surface area contributed by atoms with Crippen LogP contribution in [0.5, 0.6) is 0 Å². The summed E-state index contributed by atoms with van der Waals surface area (Å²) >= 11 is 0. The van der Waals surface area contributed by atoms with Crippen LogP contribution in [0.15, 0.2) is 179 Å². The minimum atomic E-state index is -0.375. The lowest BCUT2D eigenvalue weighted by atomic mass is 9.62. The van der Waals surface area contributed by atoms with Crippen LogP contribution in [0.4, 0.5) is 0 Å². The molecular formula is C120H132O18. The fraction of sp³-hybridized carbons (Fsp3) is 0.500. The molecule has 0 spiro atoms. The molecule has 0 saturated heterocycles. The van der Waals surface area contributed by atoms with Gasteiger partial charge in [0.05, 0.1) is 0 Å². The highest BCUT2D eigenvalue weighted by Gasteiger charge is 2.60. The Hall–Kier alpha value is -11.4. The van der Waals surface area contributed by atoms with E-state index in [0.29, 0.717) is 172 Å². The Morgan fingerprint density at radius 1 is 0.174 bits per heavy atom. The van der Waals surface area contributed by atoms with Gasteiger partial charge in [-0.3, -0.25) is 57.5 Å². The molecule has 18 aliphatic rings. The van der Waals surface area contributed by atoms with E-state index in [9.17, 15) is 57.5 Å². The summed E-state index contributed by atoms with van der Waals surface area (Å²) in [7, 11) is 0. The summed E-state index contributed by atoms with van der Waals surface area (Å²) in [6.07, 6.45) is 19.1. The van der Waals surface area contributed by atoms with Crippen LogP contribution in [-0.4, -0.2) is 103 Å². The summed E-state index contributed by atoms with van der Waals surface area (Å²) in [6.45, 7) is 38.9. The first kappa shape index (κ1) is 95.5. The molecular weight excluding hydrogens is 1730 g/mol. The molecule has 18 atom stereocenters. The van der Waals surface area contributed by atoms with Gasteiger partial charge >= 0.3 is 0 Å². The number of benzene rings is 6. The van der Waals surface area contributed by atoms with Gasteiger partial charge < -0.3 is 28.4 Å². The van der Waals surface area contributed by atoms with Crippen LogP contribution in [0, 0.1) is 107 Å². The molecule has 24 rings (SSSR count). The third-order valence-electron chi connectivity index (χ3n) is 35.1. The van der Waals surface area contributed by atoms with Gasteiger partial charge in [0.2, 0.25) is 69.4 Å². The number of carbonyl (C=O) groups is 12. The van der Waals surface area contributed by atoms with E-state index in [2.05, 4.69) is 125 Å². The topological polar surface area (TPSA) is 260 Å². The summed E-state index contributed by atoms with van der Waals surface area (Å²) in [5.41, 5.74) is 9.63. The molecule has 6 aliphatic heterocycles. The number of allylic oxidation sites excluding steroid dienone is 6. The largest absolute Gasteiger partial charge is 0.486 e. The summed E-state index contributed by atoms with van der Waals surface area (Å²) in [5, 5.41) is 0. The van der Waals surface area contributed by atoms with Gasteiger partial charge in [-0.2, -0.15) is 0 Å². The molecule has 720 valence electrons. The zero-order valence-electron chi connectivity index (χ0n) is 83.3. The second-order valence-corrected chi connectivity index (χ2v) is 46.7. The highest BCUT2D eigenvalue weighted by molar-refractivity contribution is 6.56. The maximum atomic E-state index is 12.8. The van der Waals surface area contributed by atoms with E-state index in [0.717, 1.165) is 149 Å². The lowest BCUT2D eigenvalue weighted by Gasteiger charge is -2.50. The molecule has 6 heterocycles. The van der Waals surface area contributed by atoms with Gasteiger partial charge in [0.15, 0.2) is 0 Å². The number of ketones is 12.